The average molecular weight is 451 g/mol. The molecule has 1 saturated heterocycles. The fourth-order valence-corrected chi connectivity index (χ4v) is 4.76. The Kier molecular flexibility index (Phi) is 6.40. The number of nitrogens with zero attached hydrogens (tertiary/aromatic N) is 1. The number of aliphatic carboxylic acids is 1. The Bertz CT molecular complexity index is 1010. The van der Waals surface area contributed by atoms with Crippen LogP contribution in [0.1, 0.15) is 50.2 Å². The van der Waals surface area contributed by atoms with Crippen LogP contribution < -0.4 is 5.32 Å². The second-order valence-corrected chi connectivity index (χ2v) is 9.22. The minimum atomic E-state index is -0.922. The third kappa shape index (κ3) is 4.45. The molecule has 2 aromatic rings. The first-order valence-corrected chi connectivity index (χ1v) is 11.5. The molecule has 4 rings (SSSR count). The third-order valence-corrected chi connectivity index (χ3v) is 6.69. The van der Waals surface area contributed by atoms with Crippen molar-refractivity contribution in [2.24, 2.45) is 5.41 Å². The van der Waals surface area contributed by atoms with Crippen molar-refractivity contribution in [1.82, 2.24) is 10.2 Å². The van der Waals surface area contributed by atoms with E-state index in [1.165, 1.54) is 4.90 Å². The number of carbonyl (C=O) groups is 3. The number of fused-ring (bicyclic) bond motifs is 3. The van der Waals surface area contributed by atoms with Crippen molar-refractivity contribution in [2.45, 2.75) is 45.1 Å². The van der Waals surface area contributed by atoms with Gasteiger partial charge in [-0.25, -0.2) is 4.79 Å². The minimum Gasteiger partial charge on any atom is -0.481 e. The van der Waals surface area contributed by atoms with E-state index >= 15 is 0 Å². The Hall–Kier alpha value is -3.35. The summed E-state index contributed by atoms with van der Waals surface area (Å²) in [4.78, 5) is 38.4. The molecule has 7 heteroatoms. The quantitative estimate of drug-likeness (QED) is 0.633. The maximum absolute atomic E-state index is 12.9. The fourth-order valence-electron chi connectivity index (χ4n) is 4.76. The number of carboxylic acids is 1. The largest absolute Gasteiger partial charge is 0.481 e. The number of carboxylic acid groups (broad SMARTS) is 1. The number of unbranched alkanes of at least 4 members (excludes halogenated alkanes) is 1. The molecular formula is C26H30N2O5. The molecule has 174 valence electrons. The Morgan fingerprint density at radius 1 is 1.09 bits per heavy atom. The number of likely N-dealkylation sites (tertiary alicyclic amines) is 1. The monoisotopic (exact) mass is 450 g/mol. The lowest BCUT2D eigenvalue weighted by atomic mass is 9.81. The van der Waals surface area contributed by atoms with Gasteiger partial charge in [-0.05, 0) is 35.6 Å². The normalized spacial score (nSPS) is 16.8. The topological polar surface area (TPSA) is 95.9 Å². The highest BCUT2D eigenvalue weighted by atomic mass is 16.5. The third-order valence-electron chi connectivity index (χ3n) is 6.69. The lowest BCUT2D eigenvalue weighted by molar-refractivity contribution is -0.164. The van der Waals surface area contributed by atoms with Gasteiger partial charge in [-0.3, -0.25) is 9.59 Å². The molecule has 1 aliphatic heterocycles. The minimum absolute atomic E-state index is 0.0559. The van der Waals surface area contributed by atoms with Crippen molar-refractivity contribution in [1.29, 1.82) is 0 Å². The molecule has 7 nitrogen and oxygen atoms in total. The summed E-state index contributed by atoms with van der Waals surface area (Å²) in [7, 11) is 0. The average Bonchev–Trinajstić information content (AvgIpc) is 3.11. The number of benzene rings is 2. The van der Waals surface area contributed by atoms with Crippen LogP contribution in [0.5, 0.6) is 0 Å². The van der Waals surface area contributed by atoms with Gasteiger partial charge in [0.15, 0.2) is 0 Å². The molecular weight excluding hydrogens is 420 g/mol. The van der Waals surface area contributed by atoms with E-state index < -0.39 is 23.5 Å². The van der Waals surface area contributed by atoms with Crippen molar-refractivity contribution in [3.8, 4) is 11.1 Å². The van der Waals surface area contributed by atoms with Crippen LogP contribution in [0.3, 0.4) is 0 Å². The van der Waals surface area contributed by atoms with Crippen LogP contribution in [0, 0.1) is 5.41 Å². The molecule has 1 aliphatic carbocycles. The second kappa shape index (κ2) is 9.25. The van der Waals surface area contributed by atoms with Crippen LogP contribution in [-0.2, 0) is 14.3 Å². The van der Waals surface area contributed by atoms with E-state index in [9.17, 15) is 19.5 Å². The van der Waals surface area contributed by atoms with E-state index in [1.807, 2.05) is 31.2 Å². The number of carbonyl (C=O) groups excluding carboxylic acids is 2. The highest BCUT2D eigenvalue weighted by Gasteiger charge is 2.48. The van der Waals surface area contributed by atoms with Gasteiger partial charge >= 0.3 is 12.1 Å². The summed E-state index contributed by atoms with van der Waals surface area (Å²) in [5.41, 5.74) is 3.63. The summed E-state index contributed by atoms with van der Waals surface area (Å²) in [6.07, 6.45) is 1.50. The standard InChI is InChI=1S/C26H30N2O5/c1-3-4-13-22(23(29)28-15-26(2,16-28)24(30)31)27-25(32)33-14-21-19-11-7-5-9-17(19)18-10-6-8-12-20(18)21/h5-12,21-22H,3-4,13-16H2,1-2H3,(H,27,32)(H,30,31). The summed E-state index contributed by atoms with van der Waals surface area (Å²) in [5, 5.41) is 12.0. The molecule has 0 radical (unpaired) electrons. The van der Waals surface area contributed by atoms with Crippen LogP contribution in [0.25, 0.3) is 11.1 Å². The molecule has 1 atom stereocenters. The van der Waals surface area contributed by atoms with Crippen LogP contribution in [-0.4, -0.2) is 53.7 Å². The Labute approximate surface area is 193 Å². The predicted octanol–water partition coefficient (Wildman–Crippen LogP) is 4.02. The van der Waals surface area contributed by atoms with Crippen molar-refractivity contribution in [2.75, 3.05) is 19.7 Å². The Balaban J connectivity index is 1.39. The zero-order valence-electron chi connectivity index (χ0n) is 19.0. The van der Waals surface area contributed by atoms with Crippen LogP contribution >= 0.6 is 0 Å². The Morgan fingerprint density at radius 3 is 2.21 bits per heavy atom. The fraction of sp³-hybridized carbons (Fsp3) is 0.423. The number of hydrogen-bond donors (Lipinski definition) is 2. The van der Waals surface area contributed by atoms with E-state index in [0.717, 1.165) is 35.1 Å². The molecule has 0 saturated carbocycles. The number of ether oxygens (including phenoxy) is 1. The van der Waals surface area contributed by atoms with E-state index in [4.69, 9.17) is 4.74 Å². The molecule has 2 aromatic carbocycles. The van der Waals surface area contributed by atoms with Crippen LogP contribution in [0.15, 0.2) is 48.5 Å². The van der Waals surface area contributed by atoms with E-state index in [-0.39, 0.29) is 31.5 Å². The van der Waals surface area contributed by atoms with Crippen molar-refractivity contribution in [3.05, 3.63) is 59.7 Å². The van der Waals surface area contributed by atoms with Crippen molar-refractivity contribution >= 4 is 18.0 Å². The maximum atomic E-state index is 12.9. The number of amides is 2. The van der Waals surface area contributed by atoms with E-state index in [1.54, 1.807) is 6.92 Å². The molecule has 2 aliphatic rings. The molecule has 0 aromatic heterocycles. The first-order valence-electron chi connectivity index (χ1n) is 11.5. The summed E-state index contributed by atoms with van der Waals surface area (Å²) >= 11 is 0. The maximum Gasteiger partial charge on any atom is 0.407 e. The van der Waals surface area contributed by atoms with Gasteiger partial charge in [-0.15, -0.1) is 0 Å². The molecule has 1 fully saturated rings. The number of alkyl carbamates (subject to hydrolysis) is 1. The van der Waals surface area contributed by atoms with Crippen LogP contribution in [0.4, 0.5) is 4.79 Å². The molecule has 0 bridgehead atoms. The molecule has 2 N–H and O–H groups in total. The van der Waals surface area contributed by atoms with Crippen LogP contribution in [0.2, 0.25) is 0 Å². The first-order chi connectivity index (χ1) is 15.8. The summed E-state index contributed by atoms with van der Waals surface area (Å²) < 4.78 is 5.60. The van der Waals surface area contributed by atoms with Crippen molar-refractivity contribution < 1.29 is 24.2 Å². The van der Waals surface area contributed by atoms with Gasteiger partial charge in [0.2, 0.25) is 5.91 Å². The zero-order chi connectivity index (χ0) is 23.6. The lowest BCUT2D eigenvalue weighted by Crippen LogP contribution is -2.64. The van der Waals surface area contributed by atoms with E-state index in [0.29, 0.717) is 6.42 Å². The first kappa shape index (κ1) is 22.8. The summed E-state index contributed by atoms with van der Waals surface area (Å²) in [6, 6.07) is 15.5. The highest BCUT2D eigenvalue weighted by Crippen LogP contribution is 2.44. The zero-order valence-corrected chi connectivity index (χ0v) is 19.0. The predicted molar refractivity (Wildman–Crippen MR) is 124 cm³/mol. The lowest BCUT2D eigenvalue weighted by Gasteiger charge is -2.46. The van der Waals surface area contributed by atoms with E-state index in [2.05, 4.69) is 29.6 Å². The molecule has 0 spiro atoms. The van der Waals surface area contributed by atoms with Gasteiger partial charge in [-0.2, -0.15) is 0 Å². The van der Waals surface area contributed by atoms with Gasteiger partial charge < -0.3 is 20.1 Å². The van der Waals surface area contributed by atoms with Gasteiger partial charge in [0.05, 0.1) is 5.41 Å². The SMILES string of the molecule is CCCCC(NC(=O)OCC1c2ccccc2-c2ccccc21)C(=O)N1CC(C)(C(=O)O)C1. The van der Waals surface area contributed by atoms with Gasteiger partial charge in [-0.1, -0.05) is 68.3 Å². The van der Waals surface area contributed by atoms with Gasteiger partial charge in [0.1, 0.15) is 12.6 Å². The smallest absolute Gasteiger partial charge is 0.407 e. The summed E-state index contributed by atoms with van der Waals surface area (Å²) in [5.74, 6) is -1.23. The number of rotatable bonds is 8. The van der Waals surface area contributed by atoms with Gasteiger partial charge in [0, 0.05) is 19.0 Å². The molecule has 33 heavy (non-hydrogen) atoms. The Morgan fingerprint density at radius 2 is 1.67 bits per heavy atom. The second-order valence-electron chi connectivity index (χ2n) is 9.22. The molecule has 1 heterocycles. The molecule has 2 amide bonds. The summed E-state index contributed by atoms with van der Waals surface area (Å²) in [6.45, 7) is 4.11. The number of nitrogens with one attached hydrogen (secondary N) is 1. The van der Waals surface area contributed by atoms with Crippen molar-refractivity contribution in [3.63, 3.8) is 0 Å². The molecule has 1 unspecified atom stereocenters. The number of hydrogen-bond acceptors (Lipinski definition) is 4. The van der Waals surface area contributed by atoms with Gasteiger partial charge in [0.25, 0.3) is 0 Å². The highest BCUT2D eigenvalue weighted by molar-refractivity contribution is 5.88.